The molecular weight excluding hydrogens is 220 g/mol. The number of carbonyl (C=O) groups is 1. The van der Waals surface area contributed by atoms with Gasteiger partial charge in [0.15, 0.2) is 6.29 Å². The minimum atomic E-state index is -0.825. The first kappa shape index (κ1) is 11.9. The highest BCUT2D eigenvalue weighted by Crippen LogP contribution is 2.19. The van der Waals surface area contributed by atoms with E-state index < -0.39 is 5.97 Å². The van der Waals surface area contributed by atoms with E-state index in [0.29, 0.717) is 0 Å². The fourth-order valence-corrected chi connectivity index (χ4v) is 1.82. The number of carboxylic acids is 1. The molecule has 0 spiro atoms. The standard InChI is InChI=1S/C13H16O4/c14-12(15)9-10-4-6-11(7-5-10)17-13-3-1-2-8-16-13/h4-7,13H,1-3,8-9H2,(H,14,15). The van der Waals surface area contributed by atoms with Crippen LogP contribution >= 0.6 is 0 Å². The highest BCUT2D eigenvalue weighted by atomic mass is 16.7. The van der Waals surface area contributed by atoms with Crippen LogP contribution in [-0.4, -0.2) is 24.0 Å². The summed E-state index contributed by atoms with van der Waals surface area (Å²) in [6, 6.07) is 7.12. The molecule has 1 heterocycles. The lowest BCUT2D eigenvalue weighted by atomic mass is 10.1. The predicted molar refractivity (Wildman–Crippen MR) is 62.0 cm³/mol. The van der Waals surface area contributed by atoms with Crippen LogP contribution in [0.1, 0.15) is 24.8 Å². The van der Waals surface area contributed by atoms with Crippen molar-refractivity contribution in [2.24, 2.45) is 0 Å². The van der Waals surface area contributed by atoms with Gasteiger partial charge in [0.1, 0.15) is 5.75 Å². The first-order valence-corrected chi connectivity index (χ1v) is 5.83. The van der Waals surface area contributed by atoms with E-state index in [1.807, 2.05) is 0 Å². The van der Waals surface area contributed by atoms with Gasteiger partial charge in [-0.15, -0.1) is 0 Å². The van der Waals surface area contributed by atoms with Gasteiger partial charge in [-0.3, -0.25) is 4.79 Å². The molecule has 0 aliphatic carbocycles. The molecule has 2 rings (SSSR count). The first-order chi connectivity index (χ1) is 8.24. The maximum absolute atomic E-state index is 10.5. The Morgan fingerprint density at radius 1 is 1.35 bits per heavy atom. The largest absolute Gasteiger partial charge is 0.481 e. The SMILES string of the molecule is O=C(O)Cc1ccc(OC2CCCCO2)cc1. The topological polar surface area (TPSA) is 55.8 Å². The number of rotatable bonds is 4. The molecule has 0 radical (unpaired) electrons. The average Bonchev–Trinajstić information content (AvgIpc) is 2.32. The quantitative estimate of drug-likeness (QED) is 0.870. The Kier molecular flexibility index (Phi) is 3.98. The highest BCUT2D eigenvalue weighted by Gasteiger charge is 2.14. The molecule has 0 saturated carbocycles. The van der Waals surface area contributed by atoms with Crippen LogP contribution < -0.4 is 4.74 Å². The van der Waals surface area contributed by atoms with Crippen molar-refractivity contribution in [1.82, 2.24) is 0 Å². The fraction of sp³-hybridized carbons (Fsp3) is 0.462. The molecule has 0 aromatic heterocycles. The molecule has 1 aliphatic rings. The number of ether oxygens (including phenoxy) is 2. The molecule has 0 amide bonds. The second-order valence-corrected chi connectivity index (χ2v) is 4.13. The van der Waals surface area contributed by atoms with Crippen LogP contribution in [0.15, 0.2) is 24.3 Å². The van der Waals surface area contributed by atoms with E-state index in [9.17, 15) is 4.79 Å². The molecule has 1 N–H and O–H groups in total. The van der Waals surface area contributed by atoms with Crippen molar-refractivity contribution in [2.75, 3.05) is 6.61 Å². The molecule has 4 heteroatoms. The second kappa shape index (κ2) is 5.68. The molecule has 1 aliphatic heterocycles. The van der Waals surface area contributed by atoms with Crippen molar-refractivity contribution < 1.29 is 19.4 Å². The summed E-state index contributed by atoms with van der Waals surface area (Å²) in [5.41, 5.74) is 0.773. The summed E-state index contributed by atoms with van der Waals surface area (Å²) in [5, 5.41) is 8.65. The smallest absolute Gasteiger partial charge is 0.307 e. The minimum absolute atomic E-state index is 0.0419. The maximum atomic E-state index is 10.5. The zero-order chi connectivity index (χ0) is 12.1. The van der Waals surface area contributed by atoms with Crippen molar-refractivity contribution in [3.05, 3.63) is 29.8 Å². The third-order valence-electron chi connectivity index (χ3n) is 2.68. The molecule has 1 atom stereocenters. The van der Waals surface area contributed by atoms with Gasteiger partial charge in [0.25, 0.3) is 0 Å². The van der Waals surface area contributed by atoms with Gasteiger partial charge in [-0.25, -0.2) is 0 Å². The maximum Gasteiger partial charge on any atom is 0.307 e. The summed E-state index contributed by atoms with van der Waals surface area (Å²) in [4.78, 5) is 10.5. The fourth-order valence-electron chi connectivity index (χ4n) is 1.82. The van der Waals surface area contributed by atoms with Gasteiger partial charge in [0.05, 0.1) is 13.0 Å². The molecule has 1 unspecified atom stereocenters. The molecule has 1 fully saturated rings. The number of hydrogen-bond acceptors (Lipinski definition) is 3. The highest BCUT2D eigenvalue weighted by molar-refractivity contribution is 5.70. The lowest BCUT2D eigenvalue weighted by Gasteiger charge is -2.23. The summed E-state index contributed by atoms with van der Waals surface area (Å²) in [6.45, 7) is 0.752. The van der Waals surface area contributed by atoms with Crippen molar-refractivity contribution in [3.8, 4) is 5.75 Å². The number of aliphatic carboxylic acids is 1. The molecule has 17 heavy (non-hydrogen) atoms. The van der Waals surface area contributed by atoms with Crippen molar-refractivity contribution in [2.45, 2.75) is 32.0 Å². The van der Waals surface area contributed by atoms with Gasteiger partial charge >= 0.3 is 5.97 Å². The summed E-state index contributed by atoms with van der Waals surface area (Å²) in [7, 11) is 0. The van der Waals surface area contributed by atoms with E-state index in [0.717, 1.165) is 37.2 Å². The molecular formula is C13H16O4. The van der Waals surface area contributed by atoms with Gasteiger partial charge in [0, 0.05) is 6.42 Å². The van der Waals surface area contributed by atoms with Crippen molar-refractivity contribution in [1.29, 1.82) is 0 Å². The van der Waals surface area contributed by atoms with Gasteiger partial charge < -0.3 is 14.6 Å². The molecule has 92 valence electrons. The Hall–Kier alpha value is -1.55. The Balaban J connectivity index is 1.90. The van der Waals surface area contributed by atoms with E-state index in [2.05, 4.69) is 0 Å². The zero-order valence-corrected chi connectivity index (χ0v) is 9.59. The van der Waals surface area contributed by atoms with E-state index in [1.165, 1.54) is 0 Å². The first-order valence-electron chi connectivity index (χ1n) is 5.83. The van der Waals surface area contributed by atoms with Crippen LogP contribution in [0.3, 0.4) is 0 Å². The van der Waals surface area contributed by atoms with Crippen LogP contribution in [0.4, 0.5) is 0 Å². The van der Waals surface area contributed by atoms with Gasteiger partial charge in [-0.2, -0.15) is 0 Å². The zero-order valence-electron chi connectivity index (χ0n) is 9.59. The lowest BCUT2D eigenvalue weighted by molar-refractivity contribution is -0.136. The molecule has 1 saturated heterocycles. The number of hydrogen-bond donors (Lipinski definition) is 1. The summed E-state index contributed by atoms with van der Waals surface area (Å²) in [5.74, 6) is -0.0969. The minimum Gasteiger partial charge on any atom is -0.481 e. The normalized spacial score (nSPS) is 19.9. The summed E-state index contributed by atoms with van der Waals surface area (Å²) < 4.78 is 11.1. The molecule has 1 aromatic rings. The van der Waals surface area contributed by atoms with Crippen molar-refractivity contribution >= 4 is 5.97 Å². The summed E-state index contributed by atoms with van der Waals surface area (Å²) >= 11 is 0. The van der Waals surface area contributed by atoms with Crippen LogP contribution in [0, 0.1) is 0 Å². The number of benzene rings is 1. The van der Waals surface area contributed by atoms with Gasteiger partial charge in [0.2, 0.25) is 0 Å². The van der Waals surface area contributed by atoms with Gasteiger partial charge in [-0.05, 0) is 30.5 Å². The van der Waals surface area contributed by atoms with E-state index in [1.54, 1.807) is 24.3 Å². The third-order valence-corrected chi connectivity index (χ3v) is 2.68. The predicted octanol–water partition coefficient (Wildman–Crippen LogP) is 2.22. The third kappa shape index (κ3) is 3.75. The Labute approximate surface area is 100 Å². The van der Waals surface area contributed by atoms with Gasteiger partial charge in [-0.1, -0.05) is 12.1 Å². The molecule has 4 nitrogen and oxygen atoms in total. The monoisotopic (exact) mass is 236 g/mol. The lowest BCUT2D eigenvalue weighted by Crippen LogP contribution is -2.24. The Morgan fingerprint density at radius 3 is 2.71 bits per heavy atom. The molecule has 0 bridgehead atoms. The second-order valence-electron chi connectivity index (χ2n) is 4.13. The Morgan fingerprint density at radius 2 is 2.12 bits per heavy atom. The van der Waals surface area contributed by atoms with Crippen LogP contribution in [0.5, 0.6) is 5.75 Å². The van der Waals surface area contributed by atoms with E-state index in [-0.39, 0.29) is 12.7 Å². The molecule has 1 aromatic carbocycles. The van der Waals surface area contributed by atoms with Crippen LogP contribution in [-0.2, 0) is 16.0 Å². The van der Waals surface area contributed by atoms with E-state index in [4.69, 9.17) is 14.6 Å². The van der Waals surface area contributed by atoms with Crippen molar-refractivity contribution in [3.63, 3.8) is 0 Å². The van der Waals surface area contributed by atoms with E-state index >= 15 is 0 Å². The summed E-state index contributed by atoms with van der Waals surface area (Å²) in [6.07, 6.45) is 3.02. The number of carboxylic acid groups (broad SMARTS) is 1. The van der Waals surface area contributed by atoms with Crippen LogP contribution in [0.25, 0.3) is 0 Å². The Bertz CT molecular complexity index is 366. The average molecular weight is 236 g/mol. The van der Waals surface area contributed by atoms with Crippen LogP contribution in [0.2, 0.25) is 0 Å².